The quantitative estimate of drug-likeness (QED) is 0.269. The number of hydrogen-bond acceptors (Lipinski definition) is 6. The smallest absolute Gasteiger partial charge is 0.283 e. The van der Waals surface area contributed by atoms with E-state index in [4.69, 9.17) is 21.1 Å². The van der Waals surface area contributed by atoms with Crippen LogP contribution in [-0.2, 0) is 9.59 Å². The molecule has 190 valence electrons. The summed E-state index contributed by atoms with van der Waals surface area (Å²) in [5.74, 6) is -0.728. The number of imide groups is 1. The zero-order chi connectivity index (χ0) is 26.4. The van der Waals surface area contributed by atoms with Crippen molar-refractivity contribution in [3.05, 3.63) is 89.1 Å². The van der Waals surface area contributed by atoms with Crippen LogP contribution in [0.4, 0.5) is 17.1 Å². The summed E-state index contributed by atoms with van der Waals surface area (Å²) < 4.78 is 11.1. The summed E-state index contributed by atoms with van der Waals surface area (Å²) in [5, 5.41) is 5.51. The van der Waals surface area contributed by atoms with Gasteiger partial charge in [-0.15, -0.1) is 0 Å². The number of para-hydroxylation sites is 4. The van der Waals surface area contributed by atoms with Crippen LogP contribution in [0.5, 0.6) is 11.5 Å². The van der Waals surface area contributed by atoms with Crippen molar-refractivity contribution in [1.29, 1.82) is 0 Å². The number of carbonyl (C=O) groups excluding carboxylic acids is 3. The molecule has 3 aromatic carbocycles. The van der Waals surface area contributed by atoms with Crippen LogP contribution in [0.1, 0.15) is 30.1 Å². The summed E-state index contributed by atoms with van der Waals surface area (Å²) in [6.07, 6.45) is 1.91. The van der Waals surface area contributed by atoms with Crippen molar-refractivity contribution in [1.82, 2.24) is 0 Å². The van der Waals surface area contributed by atoms with Gasteiger partial charge in [-0.3, -0.25) is 14.4 Å². The molecule has 0 unspecified atom stereocenters. The van der Waals surface area contributed by atoms with Gasteiger partial charge in [-0.2, -0.15) is 0 Å². The van der Waals surface area contributed by atoms with Gasteiger partial charge >= 0.3 is 0 Å². The Morgan fingerprint density at radius 2 is 1.68 bits per heavy atom. The molecule has 0 atom stereocenters. The maximum absolute atomic E-state index is 13.2. The first-order chi connectivity index (χ1) is 17.9. The first-order valence-electron chi connectivity index (χ1n) is 11.8. The molecule has 0 radical (unpaired) electrons. The summed E-state index contributed by atoms with van der Waals surface area (Å²) in [6, 6.07) is 20.4. The first-order valence-corrected chi connectivity index (χ1v) is 12.1. The van der Waals surface area contributed by atoms with Gasteiger partial charge in [-0.1, -0.05) is 55.3 Å². The van der Waals surface area contributed by atoms with E-state index in [9.17, 15) is 14.4 Å². The number of unbranched alkanes of at least 4 members (excludes halogenated alkanes) is 1. The molecule has 1 heterocycles. The largest absolute Gasteiger partial charge is 0.495 e. The van der Waals surface area contributed by atoms with E-state index in [0.29, 0.717) is 35.0 Å². The van der Waals surface area contributed by atoms with Gasteiger partial charge in [0.2, 0.25) is 0 Å². The summed E-state index contributed by atoms with van der Waals surface area (Å²) in [5.41, 5.74) is 1.49. The number of ether oxygens (including phenoxy) is 2. The minimum absolute atomic E-state index is 0.0928. The van der Waals surface area contributed by atoms with E-state index in [-0.39, 0.29) is 22.3 Å². The van der Waals surface area contributed by atoms with Crippen molar-refractivity contribution in [2.24, 2.45) is 0 Å². The van der Waals surface area contributed by atoms with Crippen molar-refractivity contribution in [3.63, 3.8) is 0 Å². The normalized spacial score (nSPS) is 13.1. The Balaban J connectivity index is 1.52. The predicted molar refractivity (Wildman–Crippen MR) is 143 cm³/mol. The van der Waals surface area contributed by atoms with Gasteiger partial charge in [0.15, 0.2) is 0 Å². The molecule has 3 amide bonds. The second kappa shape index (κ2) is 11.6. The van der Waals surface area contributed by atoms with Gasteiger partial charge in [0, 0.05) is 11.3 Å². The highest BCUT2D eigenvalue weighted by Crippen LogP contribution is 2.35. The van der Waals surface area contributed by atoms with E-state index in [0.717, 1.165) is 17.7 Å². The summed E-state index contributed by atoms with van der Waals surface area (Å²) in [7, 11) is 1.45. The van der Waals surface area contributed by atoms with Crippen LogP contribution >= 0.6 is 11.6 Å². The number of anilines is 3. The Kier molecular flexibility index (Phi) is 8.10. The van der Waals surface area contributed by atoms with E-state index in [1.807, 2.05) is 12.1 Å². The summed E-state index contributed by atoms with van der Waals surface area (Å²) in [4.78, 5) is 39.9. The Morgan fingerprint density at radius 1 is 0.946 bits per heavy atom. The molecular formula is C28H26ClN3O5. The number of carbonyl (C=O) groups is 3. The fourth-order valence-corrected chi connectivity index (χ4v) is 3.96. The highest BCUT2D eigenvalue weighted by molar-refractivity contribution is 6.53. The molecule has 0 fully saturated rings. The van der Waals surface area contributed by atoms with Crippen molar-refractivity contribution in [2.45, 2.75) is 19.8 Å². The molecule has 0 saturated carbocycles. The molecule has 3 aromatic rings. The zero-order valence-corrected chi connectivity index (χ0v) is 21.2. The summed E-state index contributed by atoms with van der Waals surface area (Å²) in [6.45, 7) is 2.63. The van der Waals surface area contributed by atoms with E-state index in [2.05, 4.69) is 17.6 Å². The Labute approximate surface area is 219 Å². The molecule has 37 heavy (non-hydrogen) atoms. The maximum atomic E-state index is 13.2. The van der Waals surface area contributed by atoms with Gasteiger partial charge in [0.25, 0.3) is 17.7 Å². The molecule has 2 N–H and O–H groups in total. The lowest BCUT2D eigenvalue weighted by Gasteiger charge is -2.18. The lowest BCUT2D eigenvalue weighted by Crippen LogP contribution is -2.32. The lowest BCUT2D eigenvalue weighted by atomic mass is 10.1. The fourth-order valence-electron chi connectivity index (χ4n) is 3.74. The average molecular weight is 520 g/mol. The molecule has 9 heteroatoms. The lowest BCUT2D eigenvalue weighted by molar-refractivity contribution is -0.120. The molecule has 0 aliphatic carbocycles. The number of nitrogens with one attached hydrogen (secondary N) is 2. The van der Waals surface area contributed by atoms with Crippen LogP contribution in [0.15, 0.2) is 83.5 Å². The van der Waals surface area contributed by atoms with Crippen LogP contribution in [0.2, 0.25) is 0 Å². The van der Waals surface area contributed by atoms with Crippen molar-refractivity contribution in [2.75, 3.05) is 29.3 Å². The number of halogens is 1. The van der Waals surface area contributed by atoms with Crippen molar-refractivity contribution in [3.8, 4) is 11.5 Å². The molecule has 8 nitrogen and oxygen atoms in total. The van der Waals surface area contributed by atoms with Gasteiger partial charge in [0.05, 0.1) is 25.1 Å². The molecule has 1 aliphatic rings. The first kappa shape index (κ1) is 25.8. The zero-order valence-electron chi connectivity index (χ0n) is 20.4. The van der Waals surface area contributed by atoms with Crippen LogP contribution in [0.25, 0.3) is 0 Å². The monoisotopic (exact) mass is 519 g/mol. The number of rotatable bonds is 10. The molecule has 4 rings (SSSR count). The minimum Gasteiger partial charge on any atom is -0.495 e. The number of benzene rings is 3. The topological polar surface area (TPSA) is 97.0 Å². The standard InChI is InChI=1S/C28H26ClN3O5/c1-3-4-16-37-22-14-7-5-12-20(22)31-26(33)18-10-9-11-19(17-18)30-25-24(29)27(34)32(28(25)35)21-13-6-8-15-23(21)36-2/h5-15,17,30H,3-4,16H2,1-2H3,(H,31,33). The Hall–Kier alpha value is -4.30. The van der Waals surface area contributed by atoms with Crippen LogP contribution in [-0.4, -0.2) is 31.4 Å². The third kappa shape index (κ3) is 5.59. The maximum Gasteiger partial charge on any atom is 0.283 e. The minimum atomic E-state index is -0.674. The van der Waals surface area contributed by atoms with Gasteiger partial charge in [-0.25, -0.2) is 4.90 Å². The molecule has 0 saturated heterocycles. The number of amides is 3. The Bertz CT molecular complexity index is 1370. The second-order valence-electron chi connectivity index (χ2n) is 8.16. The summed E-state index contributed by atoms with van der Waals surface area (Å²) >= 11 is 6.26. The average Bonchev–Trinajstić information content (AvgIpc) is 3.12. The highest BCUT2D eigenvalue weighted by atomic mass is 35.5. The van der Waals surface area contributed by atoms with Crippen molar-refractivity contribution < 1.29 is 23.9 Å². The predicted octanol–water partition coefficient (Wildman–Crippen LogP) is 5.56. The fraction of sp³-hybridized carbons (Fsp3) is 0.179. The molecular weight excluding hydrogens is 494 g/mol. The van der Waals surface area contributed by atoms with Gasteiger partial charge < -0.3 is 20.1 Å². The Morgan fingerprint density at radius 3 is 2.43 bits per heavy atom. The van der Waals surface area contributed by atoms with Crippen LogP contribution in [0, 0.1) is 0 Å². The van der Waals surface area contributed by atoms with Gasteiger partial charge in [0.1, 0.15) is 22.2 Å². The van der Waals surface area contributed by atoms with Crippen LogP contribution in [0.3, 0.4) is 0 Å². The second-order valence-corrected chi connectivity index (χ2v) is 8.54. The van der Waals surface area contributed by atoms with Crippen molar-refractivity contribution >= 4 is 46.4 Å². The highest BCUT2D eigenvalue weighted by Gasteiger charge is 2.40. The third-order valence-electron chi connectivity index (χ3n) is 5.64. The van der Waals surface area contributed by atoms with Gasteiger partial charge in [-0.05, 0) is 48.9 Å². The third-order valence-corrected chi connectivity index (χ3v) is 5.99. The molecule has 0 aromatic heterocycles. The molecule has 1 aliphatic heterocycles. The van der Waals surface area contributed by atoms with E-state index in [1.165, 1.54) is 7.11 Å². The number of nitrogens with zero attached hydrogens (tertiary/aromatic N) is 1. The van der Waals surface area contributed by atoms with Crippen LogP contribution < -0.4 is 25.0 Å². The number of hydrogen-bond donors (Lipinski definition) is 2. The molecule has 0 bridgehead atoms. The SMILES string of the molecule is CCCCOc1ccccc1NC(=O)c1cccc(NC2=C(Cl)C(=O)N(c3ccccc3OC)C2=O)c1. The van der Waals surface area contributed by atoms with E-state index >= 15 is 0 Å². The molecule has 0 spiro atoms. The van der Waals surface area contributed by atoms with E-state index in [1.54, 1.807) is 60.7 Å². The number of methoxy groups -OCH3 is 1. The van der Waals surface area contributed by atoms with E-state index < -0.39 is 11.8 Å².